The summed E-state index contributed by atoms with van der Waals surface area (Å²) >= 11 is 3.16. The fraction of sp³-hybridized carbons (Fsp3) is 0.583. The van der Waals surface area contributed by atoms with E-state index in [1.54, 1.807) is 13.8 Å². The van der Waals surface area contributed by atoms with Crippen LogP contribution in [0.2, 0.25) is 0 Å². The van der Waals surface area contributed by atoms with Crippen molar-refractivity contribution in [3.05, 3.63) is 22.4 Å². The van der Waals surface area contributed by atoms with Gasteiger partial charge in [0.1, 0.15) is 12.2 Å². The normalized spacial score (nSPS) is 11.9. The SMILES string of the molecule is CCC(CC)N(CC(F)(F)F)C(=O)c1cc(Br)c[nH]1. The lowest BCUT2D eigenvalue weighted by Crippen LogP contribution is -2.45. The minimum atomic E-state index is -4.40. The molecule has 7 heteroatoms. The van der Waals surface area contributed by atoms with Crippen LogP contribution in [0.5, 0.6) is 0 Å². The number of nitrogens with one attached hydrogen (secondary N) is 1. The second-order valence-corrected chi connectivity index (χ2v) is 5.17. The fourth-order valence-electron chi connectivity index (χ4n) is 1.94. The molecule has 3 nitrogen and oxygen atoms in total. The van der Waals surface area contributed by atoms with Gasteiger partial charge < -0.3 is 9.88 Å². The van der Waals surface area contributed by atoms with Crippen LogP contribution in [0.15, 0.2) is 16.7 Å². The van der Waals surface area contributed by atoms with Gasteiger partial charge in [-0.1, -0.05) is 13.8 Å². The van der Waals surface area contributed by atoms with Gasteiger partial charge in [0.2, 0.25) is 0 Å². The van der Waals surface area contributed by atoms with Crippen LogP contribution in [0.25, 0.3) is 0 Å². The number of hydrogen-bond acceptors (Lipinski definition) is 1. The lowest BCUT2D eigenvalue weighted by Gasteiger charge is -2.31. The Bertz CT molecular complexity index is 427. The molecule has 1 amide bonds. The Balaban J connectivity index is 2.98. The minimum absolute atomic E-state index is 0.156. The van der Waals surface area contributed by atoms with Gasteiger partial charge in [0.05, 0.1) is 0 Å². The molecule has 1 N–H and O–H groups in total. The van der Waals surface area contributed by atoms with Crippen molar-refractivity contribution in [2.75, 3.05) is 6.54 Å². The highest BCUT2D eigenvalue weighted by molar-refractivity contribution is 9.10. The smallest absolute Gasteiger partial charge is 0.356 e. The average Bonchev–Trinajstić information content (AvgIpc) is 2.73. The molecule has 0 unspecified atom stereocenters. The number of nitrogens with zero attached hydrogens (tertiary/aromatic N) is 1. The molecule has 0 atom stereocenters. The summed E-state index contributed by atoms with van der Waals surface area (Å²) in [5, 5.41) is 0. The summed E-state index contributed by atoms with van der Waals surface area (Å²) in [6, 6.07) is 1.06. The molecule has 0 aliphatic heterocycles. The number of carbonyl (C=O) groups excluding carboxylic acids is 1. The molecule has 108 valence electrons. The molecule has 0 spiro atoms. The summed E-state index contributed by atoms with van der Waals surface area (Å²) in [6.45, 7) is 2.32. The molecular formula is C12H16BrF3N2O. The van der Waals surface area contributed by atoms with Crippen LogP contribution in [-0.4, -0.2) is 34.6 Å². The van der Waals surface area contributed by atoms with Crippen LogP contribution in [0.3, 0.4) is 0 Å². The number of rotatable bonds is 5. The Kier molecular flexibility index (Phi) is 5.46. The van der Waals surface area contributed by atoms with E-state index in [0.29, 0.717) is 17.3 Å². The first kappa shape index (κ1) is 16.1. The Labute approximate surface area is 118 Å². The van der Waals surface area contributed by atoms with E-state index in [4.69, 9.17) is 0 Å². The maximum atomic E-state index is 12.6. The van der Waals surface area contributed by atoms with Crippen LogP contribution in [-0.2, 0) is 0 Å². The molecule has 19 heavy (non-hydrogen) atoms. The van der Waals surface area contributed by atoms with Crippen molar-refractivity contribution in [2.45, 2.75) is 38.9 Å². The molecule has 0 bridgehead atoms. The van der Waals surface area contributed by atoms with Gasteiger partial charge in [0.15, 0.2) is 0 Å². The van der Waals surface area contributed by atoms with Gasteiger partial charge in [-0.25, -0.2) is 0 Å². The number of aromatic amines is 1. The molecule has 0 radical (unpaired) electrons. The molecule has 1 aromatic rings. The molecule has 0 fully saturated rings. The average molecular weight is 341 g/mol. The number of carbonyl (C=O) groups is 1. The molecule has 0 saturated carbocycles. The van der Waals surface area contributed by atoms with Gasteiger partial charge in [0, 0.05) is 16.7 Å². The van der Waals surface area contributed by atoms with Crippen LogP contribution in [0.4, 0.5) is 13.2 Å². The molecule has 1 rings (SSSR count). The predicted molar refractivity (Wildman–Crippen MR) is 70.0 cm³/mol. The second-order valence-electron chi connectivity index (χ2n) is 4.25. The van der Waals surface area contributed by atoms with Gasteiger partial charge in [-0.2, -0.15) is 13.2 Å². The summed E-state index contributed by atoms with van der Waals surface area (Å²) in [6.07, 6.45) is -1.91. The van der Waals surface area contributed by atoms with Gasteiger partial charge in [0.25, 0.3) is 5.91 Å². The van der Waals surface area contributed by atoms with Crippen molar-refractivity contribution in [2.24, 2.45) is 0 Å². The van der Waals surface area contributed by atoms with Gasteiger partial charge in [-0.15, -0.1) is 0 Å². The van der Waals surface area contributed by atoms with Crippen molar-refractivity contribution in [3.63, 3.8) is 0 Å². The molecule has 1 aromatic heterocycles. The number of amides is 1. The monoisotopic (exact) mass is 340 g/mol. The van der Waals surface area contributed by atoms with Crippen molar-refractivity contribution < 1.29 is 18.0 Å². The third-order valence-corrected chi connectivity index (χ3v) is 3.33. The van der Waals surface area contributed by atoms with Crippen LogP contribution < -0.4 is 0 Å². The van der Waals surface area contributed by atoms with Crippen LogP contribution in [0.1, 0.15) is 37.2 Å². The zero-order chi connectivity index (χ0) is 14.6. The molecule has 0 aromatic carbocycles. The fourth-order valence-corrected chi connectivity index (χ4v) is 2.28. The van der Waals surface area contributed by atoms with E-state index in [2.05, 4.69) is 20.9 Å². The van der Waals surface area contributed by atoms with E-state index in [-0.39, 0.29) is 5.69 Å². The van der Waals surface area contributed by atoms with Gasteiger partial charge in [-0.3, -0.25) is 4.79 Å². The second kappa shape index (κ2) is 6.45. The lowest BCUT2D eigenvalue weighted by molar-refractivity contribution is -0.145. The molecular weight excluding hydrogens is 325 g/mol. The first-order valence-corrected chi connectivity index (χ1v) is 6.79. The lowest BCUT2D eigenvalue weighted by atomic mass is 10.1. The first-order valence-electron chi connectivity index (χ1n) is 6.00. The number of H-pyrrole nitrogens is 1. The number of alkyl halides is 3. The topological polar surface area (TPSA) is 36.1 Å². The molecule has 0 aliphatic carbocycles. The van der Waals surface area contributed by atoms with E-state index in [1.165, 1.54) is 12.3 Å². The predicted octanol–water partition coefficient (Wildman–Crippen LogP) is 3.97. The zero-order valence-electron chi connectivity index (χ0n) is 10.7. The van der Waals surface area contributed by atoms with Gasteiger partial charge in [-0.05, 0) is 34.8 Å². The highest BCUT2D eigenvalue weighted by Crippen LogP contribution is 2.23. The van der Waals surface area contributed by atoms with E-state index in [0.717, 1.165) is 4.90 Å². The Hall–Kier alpha value is -0.980. The maximum Gasteiger partial charge on any atom is 0.406 e. The number of halogens is 4. The molecule has 0 saturated heterocycles. The molecule has 0 aliphatic rings. The van der Waals surface area contributed by atoms with Crippen LogP contribution in [0, 0.1) is 0 Å². The minimum Gasteiger partial charge on any atom is -0.356 e. The summed E-state index contributed by atoms with van der Waals surface area (Å²) in [5.41, 5.74) is 0.156. The molecule has 1 heterocycles. The van der Waals surface area contributed by atoms with E-state index in [9.17, 15) is 18.0 Å². The third kappa shape index (κ3) is 4.56. The summed E-state index contributed by atoms with van der Waals surface area (Å²) in [5.74, 6) is -0.628. The Morgan fingerprint density at radius 2 is 2.00 bits per heavy atom. The van der Waals surface area contributed by atoms with Crippen LogP contribution >= 0.6 is 15.9 Å². The van der Waals surface area contributed by atoms with E-state index < -0.39 is 24.7 Å². The van der Waals surface area contributed by atoms with Crippen molar-refractivity contribution in [1.82, 2.24) is 9.88 Å². The quantitative estimate of drug-likeness (QED) is 0.864. The number of hydrogen-bond donors (Lipinski definition) is 1. The van der Waals surface area contributed by atoms with Crippen molar-refractivity contribution >= 4 is 21.8 Å². The highest BCUT2D eigenvalue weighted by atomic mass is 79.9. The Morgan fingerprint density at radius 3 is 2.37 bits per heavy atom. The van der Waals surface area contributed by atoms with Crippen molar-refractivity contribution in [3.8, 4) is 0 Å². The summed E-state index contributed by atoms with van der Waals surface area (Å²) < 4.78 is 38.5. The van der Waals surface area contributed by atoms with Gasteiger partial charge >= 0.3 is 6.18 Å². The largest absolute Gasteiger partial charge is 0.406 e. The summed E-state index contributed by atoms with van der Waals surface area (Å²) in [4.78, 5) is 15.7. The number of aromatic nitrogens is 1. The zero-order valence-corrected chi connectivity index (χ0v) is 12.3. The van der Waals surface area contributed by atoms with Crippen molar-refractivity contribution in [1.29, 1.82) is 0 Å². The maximum absolute atomic E-state index is 12.6. The summed E-state index contributed by atoms with van der Waals surface area (Å²) in [7, 11) is 0. The van der Waals surface area contributed by atoms with E-state index >= 15 is 0 Å². The highest BCUT2D eigenvalue weighted by Gasteiger charge is 2.36. The Morgan fingerprint density at radius 1 is 1.42 bits per heavy atom. The standard InChI is InChI=1S/C12H16BrF3N2O/c1-3-9(4-2)18(7-12(14,15)16)11(19)10-5-8(13)6-17-10/h5-6,9,17H,3-4,7H2,1-2H3. The van der Waals surface area contributed by atoms with E-state index in [1.807, 2.05) is 0 Å². The first-order chi connectivity index (χ1) is 8.78. The third-order valence-electron chi connectivity index (χ3n) is 2.87.